The van der Waals surface area contributed by atoms with E-state index < -0.39 is 29.4 Å². The first-order valence-electron chi connectivity index (χ1n) is 8.04. The van der Waals surface area contributed by atoms with Gasteiger partial charge in [-0.05, 0) is 43.3 Å². The van der Waals surface area contributed by atoms with Gasteiger partial charge in [0.05, 0.1) is 29.1 Å². The molecule has 0 bridgehead atoms. The summed E-state index contributed by atoms with van der Waals surface area (Å²) >= 11 is 0.793. The van der Waals surface area contributed by atoms with Gasteiger partial charge in [0.25, 0.3) is 0 Å². The molecule has 28 heavy (non-hydrogen) atoms. The number of carbonyl (C=O) groups is 1. The zero-order valence-electron chi connectivity index (χ0n) is 14.3. The second kappa shape index (κ2) is 7.23. The van der Waals surface area contributed by atoms with Crippen LogP contribution in [-0.4, -0.2) is 19.1 Å². The quantitative estimate of drug-likeness (QED) is 0.457. The predicted octanol–water partition coefficient (Wildman–Crippen LogP) is 5.89. The fourth-order valence-corrected chi connectivity index (χ4v) is 3.92. The van der Waals surface area contributed by atoms with E-state index in [0.717, 1.165) is 36.0 Å². The van der Waals surface area contributed by atoms with Crippen LogP contribution in [0.4, 0.5) is 37.7 Å². The Bertz CT molecular complexity index is 846. The van der Waals surface area contributed by atoms with Crippen LogP contribution in [0.25, 0.3) is 0 Å². The van der Waals surface area contributed by atoms with E-state index in [9.17, 15) is 31.1 Å². The number of benzene rings is 2. The molecule has 0 spiro atoms. The van der Waals surface area contributed by atoms with Crippen molar-refractivity contribution in [3.05, 3.63) is 47.5 Å². The molecule has 0 aliphatic carbocycles. The molecule has 0 radical (unpaired) electrons. The minimum absolute atomic E-state index is 0.0984. The van der Waals surface area contributed by atoms with Gasteiger partial charge in [-0.2, -0.15) is 26.3 Å². The molecule has 150 valence electrons. The first-order valence-corrected chi connectivity index (χ1v) is 8.86. The highest BCUT2D eigenvalue weighted by Crippen LogP contribution is 2.50. The number of carbonyl (C=O) groups excluding carboxylic acids is 1. The predicted molar refractivity (Wildman–Crippen MR) is 90.7 cm³/mol. The first kappa shape index (κ1) is 20.4. The van der Waals surface area contributed by atoms with Crippen molar-refractivity contribution < 1.29 is 35.9 Å². The molecular formula is C18H13F6NO2S. The average Bonchev–Trinajstić information content (AvgIpc) is 2.59. The van der Waals surface area contributed by atoms with E-state index in [1.165, 1.54) is 17.0 Å². The molecule has 0 saturated heterocycles. The third-order valence-electron chi connectivity index (χ3n) is 3.97. The summed E-state index contributed by atoms with van der Waals surface area (Å²) in [5.41, 5.74) is -1.27. The maximum atomic E-state index is 13.0. The van der Waals surface area contributed by atoms with Crippen molar-refractivity contribution >= 4 is 29.1 Å². The van der Waals surface area contributed by atoms with Gasteiger partial charge in [-0.25, -0.2) is 0 Å². The molecule has 3 nitrogen and oxygen atoms in total. The highest BCUT2D eigenvalue weighted by atomic mass is 32.2. The summed E-state index contributed by atoms with van der Waals surface area (Å²) in [7, 11) is 0. The summed E-state index contributed by atoms with van der Waals surface area (Å²) in [6.07, 6.45) is -9.20. The zero-order chi connectivity index (χ0) is 20.7. The Balaban J connectivity index is 2.10. The number of rotatable bonds is 3. The molecule has 10 heteroatoms. The SMILES string of the molecule is CCOC(=O)CN1c2ccc(C(F)(F)F)cc2Sc2cc(C(F)(F)F)ccc21. The van der Waals surface area contributed by atoms with Gasteiger partial charge in [0.15, 0.2) is 0 Å². The molecule has 0 N–H and O–H groups in total. The van der Waals surface area contributed by atoms with Crippen molar-refractivity contribution in [3.63, 3.8) is 0 Å². The Morgan fingerprint density at radius 2 is 1.39 bits per heavy atom. The lowest BCUT2D eigenvalue weighted by atomic mass is 10.1. The van der Waals surface area contributed by atoms with Gasteiger partial charge >= 0.3 is 18.3 Å². The lowest BCUT2D eigenvalue weighted by molar-refractivity contribution is -0.141. The Hall–Kier alpha value is -2.36. The molecular weight excluding hydrogens is 408 g/mol. The fourth-order valence-electron chi connectivity index (χ4n) is 2.74. The number of halogens is 6. The van der Waals surface area contributed by atoms with Crippen LogP contribution in [0.3, 0.4) is 0 Å². The zero-order valence-corrected chi connectivity index (χ0v) is 15.1. The van der Waals surface area contributed by atoms with Crippen molar-refractivity contribution in [2.24, 2.45) is 0 Å². The lowest BCUT2D eigenvalue weighted by Gasteiger charge is -2.32. The van der Waals surface area contributed by atoms with E-state index in [0.29, 0.717) is 11.4 Å². The second-order valence-electron chi connectivity index (χ2n) is 5.85. The van der Waals surface area contributed by atoms with Crippen molar-refractivity contribution in [1.82, 2.24) is 0 Å². The second-order valence-corrected chi connectivity index (χ2v) is 6.94. The summed E-state index contributed by atoms with van der Waals surface area (Å²) in [6.45, 7) is 1.35. The van der Waals surface area contributed by atoms with Gasteiger partial charge in [-0.15, -0.1) is 0 Å². The summed E-state index contributed by atoms with van der Waals surface area (Å²) < 4.78 is 83.1. The molecule has 3 rings (SSSR count). The van der Waals surface area contributed by atoms with Gasteiger partial charge in [0.1, 0.15) is 6.54 Å². The van der Waals surface area contributed by atoms with Gasteiger partial charge in [0.2, 0.25) is 0 Å². The van der Waals surface area contributed by atoms with Crippen molar-refractivity contribution in [2.45, 2.75) is 29.1 Å². The molecule has 2 aromatic rings. The minimum atomic E-state index is -4.60. The highest BCUT2D eigenvalue weighted by molar-refractivity contribution is 7.99. The molecule has 2 aromatic carbocycles. The highest BCUT2D eigenvalue weighted by Gasteiger charge is 2.35. The number of alkyl halides is 6. The number of anilines is 2. The maximum Gasteiger partial charge on any atom is 0.416 e. The molecule has 0 atom stereocenters. The van der Waals surface area contributed by atoms with Gasteiger partial charge in [0, 0.05) is 9.79 Å². The van der Waals surface area contributed by atoms with Gasteiger partial charge in [-0.1, -0.05) is 11.8 Å². The fraction of sp³-hybridized carbons (Fsp3) is 0.278. The summed E-state index contributed by atoms with van der Waals surface area (Å²) in [6, 6.07) is 5.86. The first-order chi connectivity index (χ1) is 13.0. The molecule has 0 unspecified atom stereocenters. The summed E-state index contributed by atoms with van der Waals surface area (Å²) in [4.78, 5) is 13.5. The van der Waals surface area contributed by atoms with Crippen LogP contribution in [0.1, 0.15) is 18.1 Å². The number of nitrogens with zero attached hydrogens (tertiary/aromatic N) is 1. The largest absolute Gasteiger partial charge is 0.465 e. The van der Waals surface area contributed by atoms with Gasteiger partial charge < -0.3 is 9.64 Å². The van der Waals surface area contributed by atoms with E-state index in [1.54, 1.807) is 6.92 Å². The molecule has 0 amide bonds. The van der Waals surface area contributed by atoms with Crippen LogP contribution in [-0.2, 0) is 21.9 Å². The van der Waals surface area contributed by atoms with Crippen LogP contribution in [0.15, 0.2) is 46.2 Å². The molecule has 0 aromatic heterocycles. The van der Waals surface area contributed by atoms with E-state index in [4.69, 9.17) is 4.74 Å². The van der Waals surface area contributed by atoms with Crippen LogP contribution in [0.2, 0.25) is 0 Å². The number of fused-ring (bicyclic) bond motifs is 2. The maximum absolute atomic E-state index is 13.0. The topological polar surface area (TPSA) is 29.5 Å². The molecule has 0 fully saturated rings. The van der Waals surface area contributed by atoms with Crippen LogP contribution in [0.5, 0.6) is 0 Å². The standard InChI is InChI=1S/C18H13F6NO2S/c1-2-27-16(26)9-25-12-5-3-10(17(19,20)21)7-14(12)28-15-8-11(18(22,23)24)4-6-13(15)25/h3-8H,2,9H2,1H3. The minimum Gasteiger partial charge on any atom is -0.465 e. The third-order valence-corrected chi connectivity index (χ3v) is 5.06. The van der Waals surface area contributed by atoms with E-state index in [-0.39, 0.29) is 22.9 Å². The number of hydrogen-bond donors (Lipinski definition) is 0. The number of ether oxygens (including phenoxy) is 1. The van der Waals surface area contributed by atoms with Gasteiger partial charge in [-0.3, -0.25) is 4.79 Å². The molecule has 1 aliphatic rings. The Morgan fingerprint density at radius 3 is 1.79 bits per heavy atom. The smallest absolute Gasteiger partial charge is 0.416 e. The monoisotopic (exact) mass is 421 g/mol. The molecule has 1 heterocycles. The van der Waals surface area contributed by atoms with E-state index in [2.05, 4.69) is 0 Å². The van der Waals surface area contributed by atoms with Crippen LogP contribution in [0, 0.1) is 0 Å². The van der Waals surface area contributed by atoms with Crippen LogP contribution < -0.4 is 4.90 Å². The van der Waals surface area contributed by atoms with E-state index >= 15 is 0 Å². The normalized spacial score (nSPS) is 13.8. The number of esters is 1. The van der Waals surface area contributed by atoms with Crippen molar-refractivity contribution in [2.75, 3.05) is 18.1 Å². The molecule has 1 aliphatic heterocycles. The summed E-state index contributed by atoms with van der Waals surface area (Å²) in [5.74, 6) is -0.647. The third kappa shape index (κ3) is 4.06. The Labute approximate surface area is 160 Å². The van der Waals surface area contributed by atoms with Crippen molar-refractivity contribution in [3.8, 4) is 0 Å². The average molecular weight is 421 g/mol. The summed E-state index contributed by atoms with van der Waals surface area (Å²) in [5, 5.41) is 0. The van der Waals surface area contributed by atoms with Crippen molar-refractivity contribution in [1.29, 1.82) is 0 Å². The van der Waals surface area contributed by atoms with E-state index in [1.807, 2.05) is 0 Å². The van der Waals surface area contributed by atoms with Crippen LogP contribution >= 0.6 is 11.8 Å². The Kier molecular flexibility index (Phi) is 5.26. The number of hydrogen-bond acceptors (Lipinski definition) is 4. The lowest BCUT2D eigenvalue weighted by Crippen LogP contribution is -2.29. The molecule has 0 saturated carbocycles. The Morgan fingerprint density at radius 1 is 0.929 bits per heavy atom.